The number of benzene rings is 1. The SMILES string of the molecule is CCCCN(CCCCN)C(=O)CN1C[C@H](c2ccc3c(c2)OCO3)[C@@H](C(=O)O)[C@@H]1CCN1CCC(C)(C)C1=O. The standard InChI is InChI=1S/C30H46N4O6/c1-4-5-13-32(14-7-6-12-31)26(35)19-34-18-22(21-8-9-24-25(17-21)40-20-39-24)27(28(36)37)23(34)10-15-33-16-11-30(2,3)29(33)38/h8-9,17,22-23,27H,4-7,10-16,18-20,31H2,1-3H3,(H,36,37)/t22-,23+,27-/m1/s1. The van der Waals surface area contributed by atoms with Gasteiger partial charge < -0.3 is 30.1 Å². The van der Waals surface area contributed by atoms with Gasteiger partial charge in [0.1, 0.15) is 0 Å². The molecular formula is C30H46N4O6. The minimum atomic E-state index is -0.888. The molecule has 0 aliphatic carbocycles. The van der Waals surface area contributed by atoms with Crippen LogP contribution in [0.4, 0.5) is 0 Å². The summed E-state index contributed by atoms with van der Waals surface area (Å²) in [5.41, 5.74) is 6.16. The summed E-state index contributed by atoms with van der Waals surface area (Å²) < 4.78 is 11.0. The number of aliphatic carboxylic acids is 1. The van der Waals surface area contributed by atoms with Gasteiger partial charge in [0.05, 0.1) is 12.5 Å². The van der Waals surface area contributed by atoms with Gasteiger partial charge in [-0.1, -0.05) is 33.3 Å². The van der Waals surface area contributed by atoms with Crippen LogP contribution in [0.1, 0.15) is 70.8 Å². The van der Waals surface area contributed by atoms with Gasteiger partial charge >= 0.3 is 5.97 Å². The fourth-order valence-electron chi connectivity index (χ4n) is 6.32. The monoisotopic (exact) mass is 558 g/mol. The molecular weight excluding hydrogens is 512 g/mol. The summed E-state index contributed by atoms with van der Waals surface area (Å²) in [4.78, 5) is 45.1. The maximum absolute atomic E-state index is 13.6. The molecule has 222 valence electrons. The van der Waals surface area contributed by atoms with E-state index < -0.39 is 17.3 Å². The summed E-state index contributed by atoms with van der Waals surface area (Å²) in [6.45, 7) is 9.84. The van der Waals surface area contributed by atoms with E-state index in [0.29, 0.717) is 57.2 Å². The smallest absolute Gasteiger partial charge is 0.308 e. The summed E-state index contributed by atoms with van der Waals surface area (Å²) >= 11 is 0. The van der Waals surface area contributed by atoms with Crippen molar-refractivity contribution >= 4 is 17.8 Å². The third-order valence-electron chi connectivity index (χ3n) is 8.78. The van der Waals surface area contributed by atoms with Crippen LogP contribution < -0.4 is 15.2 Å². The molecule has 2 amide bonds. The van der Waals surface area contributed by atoms with Crippen LogP contribution in [-0.2, 0) is 14.4 Å². The molecule has 10 heteroatoms. The van der Waals surface area contributed by atoms with Crippen molar-refractivity contribution < 1.29 is 29.0 Å². The second-order valence-corrected chi connectivity index (χ2v) is 12.0. The first-order chi connectivity index (χ1) is 19.2. The lowest BCUT2D eigenvalue weighted by Gasteiger charge is -2.31. The average Bonchev–Trinajstić information content (AvgIpc) is 3.60. The number of carbonyl (C=O) groups is 3. The van der Waals surface area contributed by atoms with Crippen LogP contribution in [0.5, 0.6) is 11.5 Å². The van der Waals surface area contributed by atoms with E-state index in [1.807, 2.05) is 46.7 Å². The minimum Gasteiger partial charge on any atom is -0.481 e. The maximum atomic E-state index is 13.6. The van der Waals surface area contributed by atoms with E-state index >= 15 is 0 Å². The fourth-order valence-corrected chi connectivity index (χ4v) is 6.32. The van der Waals surface area contributed by atoms with E-state index in [2.05, 4.69) is 6.92 Å². The van der Waals surface area contributed by atoms with Gasteiger partial charge in [-0.15, -0.1) is 0 Å². The number of nitrogens with two attached hydrogens (primary N) is 1. The molecule has 0 unspecified atom stereocenters. The van der Waals surface area contributed by atoms with Gasteiger partial charge in [0.15, 0.2) is 11.5 Å². The summed E-state index contributed by atoms with van der Waals surface area (Å²) in [6, 6.07) is 5.22. The number of carboxylic acid groups (broad SMARTS) is 1. The van der Waals surface area contributed by atoms with Gasteiger partial charge in [-0.3, -0.25) is 19.3 Å². The van der Waals surface area contributed by atoms with Crippen molar-refractivity contribution in [1.29, 1.82) is 0 Å². The van der Waals surface area contributed by atoms with E-state index in [-0.39, 0.29) is 37.1 Å². The van der Waals surface area contributed by atoms with Crippen molar-refractivity contribution in [2.75, 3.05) is 52.6 Å². The fraction of sp³-hybridized carbons (Fsp3) is 0.700. The van der Waals surface area contributed by atoms with Crippen molar-refractivity contribution in [3.05, 3.63) is 23.8 Å². The molecule has 10 nitrogen and oxygen atoms in total. The normalized spacial score (nSPS) is 23.6. The second kappa shape index (κ2) is 13.2. The lowest BCUT2D eigenvalue weighted by Crippen LogP contribution is -2.46. The van der Waals surface area contributed by atoms with Gasteiger partial charge in [0.25, 0.3) is 0 Å². The van der Waals surface area contributed by atoms with Gasteiger partial charge in [0.2, 0.25) is 18.6 Å². The molecule has 0 radical (unpaired) electrons. The number of likely N-dealkylation sites (tertiary alicyclic amines) is 2. The number of unbranched alkanes of at least 4 members (excludes halogenated alkanes) is 2. The first kappa shape index (κ1) is 30.1. The molecule has 0 spiro atoms. The number of nitrogens with zero attached hydrogens (tertiary/aromatic N) is 3. The Bertz CT molecular complexity index is 1060. The van der Waals surface area contributed by atoms with Gasteiger partial charge in [0, 0.05) is 50.1 Å². The van der Waals surface area contributed by atoms with Crippen LogP contribution >= 0.6 is 0 Å². The van der Waals surface area contributed by atoms with E-state index in [0.717, 1.165) is 37.7 Å². The zero-order valence-electron chi connectivity index (χ0n) is 24.3. The molecule has 0 saturated carbocycles. The van der Waals surface area contributed by atoms with Crippen LogP contribution in [0.3, 0.4) is 0 Å². The lowest BCUT2D eigenvalue weighted by molar-refractivity contribution is -0.144. The Balaban J connectivity index is 1.57. The van der Waals surface area contributed by atoms with Crippen LogP contribution in [0, 0.1) is 11.3 Å². The van der Waals surface area contributed by atoms with E-state index in [4.69, 9.17) is 15.2 Å². The highest BCUT2D eigenvalue weighted by Crippen LogP contribution is 2.43. The highest BCUT2D eigenvalue weighted by Gasteiger charge is 2.48. The number of fused-ring (bicyclic) bond motifs is 1. The van der Waals surface area contributed by atoms with Crippen molar-refractivity contribution in [2.45, 2.75) is 71.3 Å². The molecule has 1 aromatic rings. The Morgan fingerprint density at radius 2 is 1.90 bits per heavy atom. The molecule has 3 N–H and O–H groups in total. The Labute approximate surface area is 237 Å². The minimum absolute atomic E-state index is 0.0179. The van der Waals surface area contributed by atoms with E-state index in [9.17, 15) is 19.5 Å². The zero-order chi connectivity index (χ0) is 28.9. The van der Waals surface area contributed by atoms with Crippen molar-refractivity contribution in [1.82, 2.24) is 14.7 Å². The van der Waals surface area contributed by atoms with Crippen LogP contribution in [0.2, 0.25) is 0 Å². The number of carbonyl (C=O) groups excluding carboxylic acids is 2. The molecule has 0 aromatic heterocycles. The zero-order valence-corrected chi connectivity index (χ0v) is 24.3. The third kappa shape index (κ3) is 6.71. The van der Waals surface area contributed by atoms with Crippen molar-refractivity contribution in [2.24, 2.45) is 17.1 Å². The molecule has 3 aliphatic rings. The Kier molecular flexibility index (Phi) is 9.94. The number of hydrogen-bond donors (Lipinski definition) is 2. The van der Waals surface area contributed by atoms with Gasteiger partial charge in [-0.05, 0) is 56.3 Å². The summed E-state index contributed by atoms with van der Waals surface area (Å²) in [5.74, 6) is -0.541. The predicted octanol–water partition coefficient (Wildman–Crippen LogP) is 2.90. The summed E-state index contributed by atoms with van der Waals surface area (Å²) in [6.07, 6.45) is 4.89. The van der Waals surface area contributed by atoms with Crippen LogP contribution in [0.25, 0.3) is 0 Å². The maximum Gasteiger partial charge on any atom is 0.308 e. The molecule has 0 bridgehead atoms. The lowest BCUT2D eigenvalue weighted by atomic mass is 9.84. The van der Waals surface area contributed by atoms with Crippen molar-refractivity contribution in [3.63, 3.8) is 0 Å². The number of carboxylic acids is 1. The molecule has 3 heterocycles. The number of hydrogen-bond acceptors (Lipinski definition) is 7. The quantitative estimate of drug-likeness (QED) is 0.334. The summed E-state index contributed by atoms with van der Waals surface area (Å²) in [5, 5.41) is 10.5. The highest BCUT2D eigenvalue weighted by atomic mass is 16.7. The molecule has 4 rings (SSSR count). The average molecular weight is 559 g/mol. The van der Waals surface area contributed by atoms with Crippen LogP contribution in [-0.4, -0.2) is 96.2 Å². The molecule has 1 aromatic carbocycles. The molecule has 40 heavy (non-hydrogen) atoms. The Morgan fingerprint density at radius 1 is 1.15 bits per heavy atom. The second-order valence-electron chi connectivity index (χ2n) is 12.0. The molecule has 3 aliphatic heterocycles. The Morgan fingerprint density at radius 3 is 2.58 bits per heavy atom. The van der Waals surface area contributed by atoms with E-state index in [1.165, 1.54) is 0 Å². The van der Waals surface area contributed by atoms with Gasteiger partial charge in [-0.25, -0.2) is 0 Å². The van der Waals surface area contributed by atoms with Crippen LogP contribution in [0.15, 0.2) is 18.2 Å². The highest BCUT2D eigenvalue weighted by molar-refractivity contribution is 5.84. The Hall–Kier alpha value is -2.85. The molecule has 2 saturated heterocycles. The topological polar surface area (TPSA) is 126 Å². The number of ether oxygens (including phenoxy) is 2. The first-order valence-electron chi connectivity index (χ1n) is 14.8. The van der Waals surface area contributed by atoms with Crippen molar-refractivity contribution in [3.8, 4) is 11.5 Å². The number of rotatable bonds is 14. The molecule has 2 fully saturated rings. The summed E-state index contributed by atoms with van der Waals surface area (Å²) in [7, 11) is 0. The molecule has 3 atom stereocenters. The van der Waals surface area contributed by atoms with E-state index in [1.54, 1.807) is 0 Å². The van der Waals surface area contributed by atoms with Gasteiger partial charge in [-0.2, -0.15) is 0 Å². The predicted molar refractivity (Wildman–Crippen MR) is 151 cm³/mol. The largest absolute Gasteiger partial charge is 0.481 e. The first-order valence-corrected chi connectivity index (χ1v) is 14.8. The third-order valence-corrected chi connectivity index (χ3v) is 8.78. The number of amides is 2.